The number of carbonyl (C=O) groups excluding carboxylic acids is 1. The van der Waals surface area contributed by atoms with Crippen LogP contribution in [-0.2, 0) is 9.53 Å². The Morgan fingerprint density at radius 3 is 2.72 bits per heavy atom. The van der Waals surface area contributed by atoms with E-state index in [4.69, 9.17) is 10.5 Å². The number of nitrogens with one attached hydrogen (secondary N) is 1. The molecule has 0 unspecified atom stereocenters. The van der Waals surface area contributed by atoms with Gasteiger partial charge in [-0.2, -0.15) is 0 Å². The van der Waals surface area contributed by atoms with Gasteiger partial charge in [0.1, 0.15) is 5.54 Å². The predicted molar refractivity (Wildman–Crippen MR) is 74.5 cm³/mol. The monoisotopic (exact) mass is 312 g/mol. The average molecular weight is 313 g/mol. The maximum Gasteiger partial charge on any atom is 0.244 e. The standard InChI is InChI=1S/C13H17BrN2O2/c1-9-2-3-10(8-11(9)14)16-12(17)13(15)4-6-18-7-5-13/h2-3,8H,4-7,15H2,1H3,(H,16,17). The molecule has 0 bridgehead atoms. The molecular weight excluding hydrogens is 296 g/mol. The van der Waals surface area contributed by atoms with Crippen LogP contribution < -0.4 is 11.1 Å². The van der Waals surface area contributed by atoms with Gasteiger partial charge >= 0.3 is 0 Å². The lowest BCUT2D eigenvalue weighted by Crippen LogP contribution is -2.54. The third kappa shape index (κ3) is 2.91. The molecule has 0 aromatic heterocycles. The molecule has 1 saturated heterocycles. The Balaban J connectivity index is 2.08. The molecule has 1 fully saturated rings. The van der Waals surface area contributed by atoms with E-state index in [1.165, 1.54) is 0 Å². The van der Waals surface area contributed by atoms with Crippen molar-refractivity contribution >= 4 is 27.5 Å². The van der Waals surface area contributed by atoms with Gasteiger partial charge < -0.3 is 15.8 Å². The SMILES string of the molecule is Cc1ccc(NC(=O)C2(N)CCOCC2)cc1Br. The van der Waals surface area contributed by atoms with Crippen molar-refractivity contribution in [3.63, 3.8) is 0 Å². The lowest BCUT2D eigenvalue weighted by molar-refractivity contribution is -0.124. The summed E-state index contributed by atoms with van der Waals surface area (Å²) in [6, 6.07) is 5.71. The van der Waals surface area contributed by atoms with Crippen LogP contribution in [0, 0.1) is 6.92 Å². The van der Waals surface area contributed by atoms with E-state index in [-0.39, 0.29) is 5.91 Å². The summed E-state index contributed by atoms with van der Waals surface area (Å²) >= 11 is 3.44. The van der Waals surface area contributed by atoms with Crippen LogP contribution in [0.15, 0.2) is 22.7 Å². The number of halogens is 1. The Morgan fingerprint density at radius 1 is 1.44 bits per heavy atom. The van der Waals surface area contributed by atoms with Gasteiger partial charge in [0.05, 0.1) is 0 Å². The van der Waals surface area contributed by atoms with Gasteiger partial charge in [-0.05, 0) is 37.5 Å². The van der Waals surface area contributed by atoms with Crippen molar-refractivity contribution in [1.29, 1.82) is 0 Å². The van der Waals surface area contributed by atoms with Crippen LogP contribution in [0.5, 0.6) is 0 Å². The number of hydrogen-bond acceptors (Lipinski definition) is 3. The number of benzene rings is 1. The van der Waals surface area contributed by atoms with Gasteiger partial charge in [-0.3, -0.25) is 4.79 Å². The van der Waals surface area contributed by atoms with Crippen LogP contribution in [-0.4, -0.2) is 24.7 Å². The summed E-state index contributed by atoms with van der Waals surface area (Å²) in [5.41, 5.74) is 7.19. The first-order valence-corrected chi connectivity index (χ1v) is 6.75. The van der Waals surface area contributed by atoms with Gasteiger partial charge in [-0.1, -0.05) is 22.0 Å². The molecule has 0 aliphatic carbocycles. The van der Waals surface area contributed by atoms with Crippen molar-refractivity contribution in [3.8, 4) is 0 Å². The smallest absolute Gasteiger partial charge is 0.244 e. The number of aryl methyl sites for hydroxylation is 1. The highest BCUT2D eigenvalue weighted by molar-refractivity contribution is 9.10. The fourth-order valence-corrected chi connectivity index (χ4v) is 2.27. The fourth-order valence-electron chi connectivity index (χ4n) is 1.89. The highest BCUT2D eigenvalue weighted by atomic mass is 79.9. The molecule has 1 heterocycles. The molecule has 1 aliphatic rings. The minimum atomic E-state index is -0.810. The van der Waals surface area contributed by atoms with Crippen LogP contribution in [0.1, 0.15) is 18.4 Å². The lowest BCUT2D eigenvalue weighted by atomic mass is 9.90. The molecule has 1 amide bonds. The van der Waals surface area contributed by atoms with E-state index in [1.54, 1.807) is 0 Å². The third-order valence-electron chi connectivity index (χ3n) is 3.27. The molecule has 18 heavy (non-hydrogen) atoms. The van der Waals surface area contributed by atoms with E-state index in [0.717, 1.165) is 15.7 Å². The maximum atomic E-state index is 12.2. The average Bonchev–Trinajstić information content (AvgIpc) is 2.35. The second-order valence-electron chi connectivity index (χ2n) is 4.69. The molecule has 1 aromatic rings. The van der Waals surface area contributed by atoms with Crippen LogP contribution in [0.2, 0.25) is 0 Å². The van der Waals surface area contributed by atoms with E-state index < -0.39 is 5.54 Å². The largest absolute Gasteiger partial charge is 0.381 e. The number of anilines is 1. The van der Waals surface area contributed by atoms with Crippen LogP contribution >= 0.6 is 15.9 Å². The highest BCUT2D eigenvalue weighted by Crippen LogP contribution is 2.23. The number of ether oxygens (including phenoxy) is 1. The van der Waals surface area contributed by atoms with Crippen molar-refractivity contribution in [2.75, 3.05) is 18.5 Å². The predicted octanol–water partition coefficient (Wildman–Crippen LogP) is 2.20. The van der Waals surface area contributed by atoms with Crippen molar-refractivity contribution in [2.45, 2.75) is 25.3 Å². The molecule has 0 saturated carbocycles. The van der Waals surface area contributed by atoms with Gasteiger partial charge in [-0.25, -0.2) is 0 Å². The second kappa shape index (κ2) is 5.38. The van der Waals surface area contributed by atoms with Gasteiger partial charge in [0.2, 0.25) is 5.91 Å². The van der Waals surface area contributed by atoms with E-state index >= 15 is 0 Å². The molecular formula is C13H17BrN2O2. The summed E-state index contributed by atoms with van der Waals surface area (Å²) in [5, 5.41) is 2.87. The molecule has 2 rings (SSSR count). The maximum absolute atomic E-state index is 12.2. The Kier molecular flexibility index (Phi) is 4.04. The summed E-state index contributed by atoms with van der Waals surface area (Å²) in [7, 11) is 0. The van der Waals surface area contributed by atoms with E-state index in [2.05, 4.69) is 21.2 Å². The first kappa shape index (κ1) is 13.5. The van der Waals surface area contributed by atoms with Crippen LogP contribution in [0.4, 0.5) is 5.69 Å². The number of nitrogens with two attached hydrogens (primary N) is 1. The molecule has 0 radical (unpaired) electrons. The molecule has 1 aliphatic heterocycles. The molecule has 3 N–H and O–H groups in total. The second-order valence-corrected chi connectivity index (χ2v) is 5.54. The summed E-state index contributed by atoms with van der Waals surface area (Å²) in [5.74, 6) is -0.137. The lowest BCUT2D eigenvalue weighted by Gasteiger charge is -2.31. The minimum Gasteiger partial charge on any atom is -0.381 e. The fraction of sp³-hybridized carbons (Fsp3) is 0.462. The number of rotatable bonds is 2. The van der Waals surface area contributed by atoms with Crippen molar-refractivity contribution in [3.05, 3.63) is 28.2 Å². The van der Waals surface area contributed by atoms with Gasteiger partial charge in [0, 0.05) is 23.4 Å². The normalized spacial score (nSPS) is 18.4. The first-order chi connectivity index (χ1) is 8.51. The topological polar surface area (TPSA) is 64.4 Å². The van der Waals surface area contributed by atoms with Gasteiger partial charge in [0.25, 0.3) is 0 Å². The summed E-state index contributed by atoms with van der Waals surface area (Å²) in [4.78, 5) is 12.2. The van der Waals surface area contributed by atoms with Gasteiger partial charge in [0.15, 0.2) is 0 Å². The first-order valence-electron chi connectivity index (χ1n) is 5.95. The Bertz CT molecular complexity index is 456. The third-order valence-corrected chi connectivity index (χ3v) is 4.12. The number of hydrogen-bond donors (Lipinski definition) is 2. The van der Waals surface area contributed by atoms with E-state index in [9.17, 15) is 4.79 Å². The highest BCUT2D eigenvalue weighted by Gasteiger charge is 2.35. The number of carbonyl (C=O) groups is 1. The molecule has 5 heteroatoms. The zero-order chi connectivity index (χ0) is 13.2. The summed E-state index contributed by atoms with van der Waals surface area (Å²) in [6.07, 6.45) is 1.12. The summed E-state index contributed by atoms with van der Waals surface area (Å²) in [6.45, 7) is 3.08. The van der Waals surface area contributed by atoms with E-state index in [0.29, 0.717) is 26.1 Å². The van der Waals surface area contributed by atoms with Crippen LogP contribution in [0.3, 0.4) is 0 Å². The van der Waals surface area contributed by atoms with Gasteiger partial charge in [-0.15, -0.1) is 0 Å². The molecule has 98 valence electrons. The molecule has 1 aromatic carbocycles. The summed E-state index contributed by atoms with van der Waals surface area (Å²) < 4.78 is 6.20. The van der Waals surface area contributed by atoms with Crippen molar-refractivity contribution in [1.82, 2.24) is 0 Å². The van der Waals surface area contributed by atoms with Crippen molar-refractivity contribution < 1.29 is 9.53 Å². The molecule has 0 atom stereocenters. The minimum absolute atomic E-state index is 0.137. The van der Waals surface area contributed by atoms with E-state index in [1.807, 2.05) is 25.1 Å². The Labute approximate surface area is 115 Å². The molecule has 4 nitrogen and oxygen atoms in total. The zero-order valence-electron chi connectivity index (χ0n) is 10.3. The Morgan fingerprint density at radius 2 is 2.11 bits per heavy atom. The van der Waals surface area contributed by atoms with Crippen molar-refractivity contribution in [2.24, 2.45) is 5.73 Å². The molecule has 0 spiro atoms. The van der Waals surface area contributed by atoms with Crippen LogP contribution in [0.25, 0.3) is 0 Å². The zero-order valence-corrected chi connectivity index (χ0v) is 11.9. The quantitative estimate of drug-likeness (QED) is 0.880. The Hall–Kier alpha value is -0.910. The number of amides is 1.